The lowest BCUT2D eigenvalue weighted by Gasteiger charge is -2.07. The second kappa shape index (κ2) is 5.22. The third-order valence-electron chi connectivity index (χ3n) is 2.80. The first-order chi connectivity index (χ1) is 9.66. The van der Waals surface area contributed by atoms with Crippen molar-refractivity contribution in [2.75, 3.05) is 5.73 Å². The Hall–Kier alpha value is -1.92. The minimum absolute atomic E-state index is 0.575. The van der Waals surface area contributed by atoms with E-state index in [4.69, 9.17) is 17.3 Å². The van der Waals surface area contributed by atoms with Gasteiger partial charge >= 0.3 is 0 Å². The van der Waals surface area contributed by atoms with Crippen molar-refractivity contribution in [1.29, 1.82) is 0 Å². The molecule has 0 aliphatic carbocycles. The van der Waals surface area contributed by atoms with E-state index < -0.39 is 0 Å². The number of para-hydroxylation sites is 1. The predicted octanol–water partition coefficient (Wildman–Crippen LogP) is 3.33. The molecule has 3 aromatic rings. The Morgan fingerprint density at radius 2 is 1.95 bits per heavy atom. The monoisotopic (exact) mass is 349 g/mol. The molecule has 0 radical (unpaired) electrons. The molecule has 0 saturated heterocycles. The minimum atomic E-state index is 0.575. The maximum absolute atomic E-state index is 6.18. The van der Waals surface area contributed by atoms with Gasteiger partial charge in [0.05, 0.1) is 10.7 Å². The van der Waals surface area contributed by atoms with E-state index in [9.17, 15) is 0 Å². The van der Waals surface area contributed by atoms with E-state index in [1.807, 2.05) is 36.4 Å². The van der Waals surface area contributed by atoms with Gasteiger partial charge in [-0.15, -0.1) is 5.10 Å². The van der Waals surface area contributed by atoms with Gasteiger partial charge in [-0.25, -0.2) is 0 Å². The third kappa shape index (κ3) is 2.28. The zero-order chi connectivity index (χ0) is 14.1. The summed E-state index contributed by atoms with van der Waals surface area (Å²) in [6.07, 6.45) is 0. The fourth-order valence-electron chi connectivity index (χ4n) is 1.84. The average molecular weight is 351 g/mol. The number of aromatic nitrogens is 4. The molecule has 3 rings (SSSR count). The summed E-state index contributed by atoms with van der Waals surface area (Å²) in [5.74, 6) is 0.581. The fourth-order valence-corrected chi connectivity index (χ4v) is 2.30. The maximum atomic E-state index is 6.18. The summed E-state index contributed by atoms with van der Waals surface area (Å²) in [5, 5.41) is 12.3. The molecular weight excluding hydrogens is 342 g/mol. The highest BCUT2D eigenvalue weighted by atomic mass is 79.9. The molecular formula is C13H9BrClN5. The fraction of sp³-hybridized carbons (Fsp3) is 0. The van der Waals surface area contributed by atoms with Crippen LogP contribution in [0.1, 0.15) is 0 Å². The number of anilines is 1. The molecule has 7 heteroatoms. The Labute approximate surface area is 128 Å². The topological polar surface area (TPSA) is 69.6 Å². The number of tetrazole rings is 1. The van der Waals surface area contributed by atoms with Crippen LogP contribution in [0.3, 0.4) is 0 Å². The molecule has 0 fully saturated rings. The van der Waals surface area contributed by atoms with Crippen molar-refractivity contribution in [3.63, 3.8) is 0 Å². The molecule has 1 heterocycles. The number of hydrogen-bond donors (Lipinski definition) is 1. The van der Waals surface area contributed by atoms with Crippen LogP contribution in [0.15, 0.2) is 46.9 Å². The van der Waals surface area contributed by atoms with Crippen LogP contribution < -0.4 is 5.73 Å². The number of nitrogens with zero attached hydrogens (tertiary/aromatic N) is 4. The lowest BCUT2D eigenvalue weighted by molar-refractivity contribution is 0.791. The van der Waals surface area contributed by atoms with Gasteiger partial charge in [0.2, 0.25) is 0 Å². The zero-order valence-corrected chi connectivity index (χ0v) is 12.5. The molecule has 100 valence electrons. The molecule has 1 aromatic heterocycles. The van der Waals surface area contributed by atoms with Crippen LogP contribution in [0, 0.1) is 0 Å². The molecule has 0 aliphatic rings. The van der Waals surface area contributed by atoms with Crippen molar-refractivity contribution >= 4 is 33.2 Å². The van der Waals surface area contributed by atoms with Crippen molar-refractivity contribution in [3.05, 3.63) is 52.0 Å². The van der Waals surface area contributed by atoms with Gasteiger partial charge in [-0.1, -0.05) is 23.7 Å². The van der Waals surface area contributed by atoms with Gasteiger partial charge in [0, 0.05) is 15.7 Å². The molecule has 5 nitrogen and oxygen atoms in total. The summed E-state index contributed by atoms with van der Waals surface area (Å²) >= 11 is 9.55. The third-order valence-corrected chi connectivity index (χ3v) is 3.85. The van der Waals surface area contributed by atoms with Crippen LogP contribution in [0.5, 0.6) is 0 Å². The average Bonchev–Trinajstić information content (AvgIpc) is 2.91. The number of nitrogens with two attached hydrogens (primary N) is 1. The quantitative estimate of drug-likeness (QED) is 0.720. The summed E-state index contributed by atoms with van der Waals surface area (Å²) in [6.45, 7) is 0. The lowest BCUT2D eigenvalue weighted by atomic mass is 10.2. The summed E-state index contributed by atoms with van der Waals surface area (Å²) in [6, 6.07) is 12.9. The molecule has 2 aromatic carbocycles. The van der Waals surface area contributed by atoms with Gasteiger partial charge in [-0.2, -0.15) is 4.68 Å². The number of halogens is 2. The van der Waals surface area contributed by atoms with E-state index >= 15 is 0 Å². The summed E-state index contributed by atoms with van der Waals surface area (Å²) in [4.78, 5) is 0. The molecule has 0 bridgehead atoms. The van der Waals surface area contributed by atoms with E-state index in [-0.39, 0.29) is 0 Å². The molecule has 0 spiro atoms. The lowest BCUT2D eigenvalue weighted by Crippen LogP contribution is -2.01. The van der Waals surface area contributed by atoms with Crippen LogP contribution in [0.4, 0.5) is 5.69 Å². The second-order valence-corrected chi connectivity index (χ2v) is 5.36. The maximum Gasteiger partial charge on any atom is 0.187 e. The van der Waals surface area contributed by atoms with Crippen LogP contribution in [0.2, 0.25) is 5.02 Å². The van der Waals surface area contributed by atoms with Crippen LogP contribution in [-0.4, -0.2) is 20.2 Å². The summed E-state index contributed by atoms with van der Waals surface area (Å²) in [5.41, 5.74) is 8.05. The predicted molar refractivity (Wildman–Crippen MR) is 81.7 cm³/mol. The van der Waals surface area contributed by atoms with E-state index in [1.165, 1.54) is 0 Å². The molecule has 20 heavy (non-hydrogen) atoms. The van der Waals surface area contributed by atoms with Crippen molar-refractivity contribution in [2.45, 2.75) is 0 Å². The van der Waals surface area contributed by atoms with Crippen molar-refractivity contribution in [1.82, 2.24) is 20.2 Å². The minimum Gasteiger partial charge on any atom is -0.398 e. The number of nitrogen functional groups attached to an aromatic ring is 1. The van der Waals surface area contributed by atoms with Gasteiger partial charge in [0.15, 0.2) is 5.82 Å². The van der Waals surface area contributed by atoms with E-state index in [0.29, 0.717) is 16.5 Å². The summed E-state index contributed by atoms with van der Waals surface area (Å²) in [7, 11) is 0. The number of rotatable bonds is 2. The largest absolute Gasteiger partial charge is 0.398 e. The van der Waals surface area contributed by atoms with Crippen LogP contribution in [0.25, 0.3) is 17.1 Å². The standard InChI is InChI=1S/C13H9BrClN5/c14-9-6-5-8(7-11(9)16)13-17-18-19-20(13)12-4-2-1-3-10(12)15/h1-7H,16H2. The SMILES string of the molecule is Nc1cc(-c2nnnn2-c2ccccc2Cl)ccc1Br. The Bertz CT molecular complexity index is 771. The van der Waals surface area contributed by atoms with Gasteiger partial charge in [0.1, 0.15) is 0 Å². The molecule has 0 atom stereocenters. The second-order valence-electron chi connectivity index (χ2n) is 4.10. The number of benzene rings is 2. The highest BCUT2D eigenvalue weighted by Gasteiger charge is 2.13. The van der Waals surface area contributed by atoms with E-state index in [2.05, 4.69) is 31.5 Å². The first-order valence-electron chi connectivity index (χ1n) is 5.75. The molecule has 2 N–H and O–H groups in total. The molecule has 0 aliphatic heterocycles. The van der Waals surface area contributed by atoms with Crippen LogP contribution >= 0.6 is 27.5 Å². The molecule has 0 amide bonds. The van der Waals surface area contributed by atoms with Gasteiger partial charge in [-0.05, 0) is 56.7 Å². The highest BCUT2D eigenvalue weighted by molar-refractivity contribution is 9.10. The van der Waals surface area contributed by atoms with Crippen molar-refractivity contribution in [3.8, 4) is 17.1 Å². The Morgan fingerprint density at radius 3 is 2.70 bits per heavy atom. The van der Waals surface area contributed by atoms with Gasteiger partial charge in [0.25, 0.3) is 0 Å². The smallest absolute Gasteiger partial charge is 0.187 e. The van der Waals surface area contributed by atoms with E-state index in [0.717, 1.165) is 15.7 Å². The number of hydrogen-bond acceptors (Lipinski definition) is 4. The van der Waals surface area contributed by atoms with E-state index in [1.54, 1.807) is 10.7 Å². The Balaban J connectivity index is 2.15. The van der Waals surface area contributed by atoms with Crippen LogP contribution in [-0.2, 0) is 0 Å². The first kappa shape index (κ1) is 13.1. The normalized spacial score (nSPS) is 10.7. The Kier molecular flexibility index (Phi) is 3.42. The van der Waals surface area contributed by atoms with Gasteiger partial charge < -0.3 is 5.73 Å². The molecule has 0 saturated carbocycles. The van der Waals surface area contributed by atoms with Gasteiger partial charge in [-0.3, -0.25) is 0 Å². The van der Waals surface area contributed by atoms with Crippen molar-refractivity contribution < 1.29 is 0 Å². The van der Waals surface area contributed by atoms with Crippen molar-refractivity contribution in [2.24, 2.45) is 0 Å². The highest BCUT2D eigenvalue weighted by Crippen LogP contribution is 2.28. The zero-order valence-electron chi connectivity index (χ0n) is 10.2. The first-order valence-corrected chi connectivity index (χ1v) is 6.92. The Morgan fingerprint density at radius 1 is 1.15 bits per heavy atom. The molecule has 0 unspecified atom stereocenters. The summed E-state index contributed by atoms with van der Waals surface area (Å²) < 4.78 is 2.42.